The maximum atomic E-state index is 0. The van der Waals surface area contributed by atoms with Gasteiger partial charge in [-0.3, -0.25) is 0 Å². The average molecular weight is 237 g/mol. The molecule has 0 spiro atoms. The fourth-order valence-corrected chi connectivity index (χ4v) is 0. The van der Waals surface area contributed by atoms with Crippen LogP contribution < -0.4 is 0 Å². The molecule has 0 aliphatic carbocycles. The van der Waals surface area contributed by atoms with Gasteiger partial charge in [0.1, 0.15) is 0 Å². The van der Waals surface area contributed by atoms with Crippen molar-refractivity contribution in [2.45, 2.75) is 0 Å². The van der Waals surface area contributed by atoms with E-state index >= 15 is 0 Å². The molecule has 0 atom stereocenters. The SMILES string of the molecule is [Al+3].[Cu+].[Mn+2].[Zr+2]. The molecule has 4 heteroatoms. The molecule has 17 valence electrons. The van der Waals surface area contributed by atoms with E-state index in [1.54, 1.807) is 0 Å². The van der Waals surface area contributed by atoms with Gasteiger partial charge in [0, 0.05) is 0 Å². The molecule has 0 aromatic heterocycles. The van der Waals surface area contributed by atoms with E-state index in [4.69, 9.17) is 0 Å². The summed E-state index contributed by atoms with van der Waals surface area (Å²) in [5, 5.41) is 0. The van der Waals surface area contributed by atoms with Crippen LogP contribution >= 0.6 is 0 Å². The van der Waals surface area contributed by atoms with E-state index in [0.29, 0.717) is 0 Å². The second kappa shape index (κ2) is 18.0. The van der Waals surface area contributed by atoms with Gasteiger partial charge < -0.3 is 0 Å². The summed E-state index contributed by atoms with van der Waals surface area (Å²) < 4.78 is 0. The van der Waals surface area contributed by atoms with Gasteiger partial charge in [0.2, 0.25) is 0 Å². The molecule has 0 aliphatic rings. The Morgan fingerprint density at radius 2 is 1.00 bits per heavy atom. The van der Waals surface area contributed by atoms with Crippen LogP contribution in [0, 0.1) is 0 Å². The van der Waals surface area contributed by atoms with E-state index in [9.17, 15) is 0 Å². The summed E-state index contributed by atoms with van der Waals surface area (Å²) in [6.07, 6.45) is 0. The van der Waals surface area contributed by atoms with Gasteiger partial charge in [-0.05, 0) is 0 Å². The van der Waals surface area contributed by atoms with Crippen LogP contribution in [0.3, 0.4) is 0 Å². The first-order valence-corrected chi connectivity index (χ1v) is 0. The Kier molecular flexibility index (Phi) is 143. The van der Waals surface area contributed by atoms with Gasteiger partial charge in [0.25, 0.3) is 0 Å². The molecule has 0 saturated carbocycles. The average Bonchev–Trinajstić information content (AvgIpc) is 0. The monoisotopic (exact) mass is 235 g/mol. The summed E-state index contributed by atoms with van der Waals surface area (Å²) >= 11 is 0. The molecule has 0 nitrogen and oxygen atoms in total. The molecule has 0 N–H and O–H groups in total. The zero-order valence-electron chi connectivity index (χ0n) is 1.76. The fraction of sp³-hybridized carbons (Fsp3) is 0. The van der Waals surface area contributed by atoms with Gasteiger partial charge in [-0.2, -0.15) is 0 Å². The van der Waals surface area contributed by atoms with Crippen LogP contribution in [0.2, 0.25) is 0 Å². The summed E-state index contributed by atoms with van der Waals surface area (Å²) in [4.78, 5) is 0. The minimum atomic E-state index is 0. The smallest absolute Gasteiger partial charge is 1.00 e. The van der Waals surface area contributed by atoms with Crippen molar-refractivity contribution in [1.29, 1.82) is 0 Å². The Bertz CT molecular complexity index is 8.00. The molecule has 0 aromatic rings. The standard InChI is InChI=1S/Al.Cu.Mn.Zr/q+3;+1;2*+2. The summed E-state index contributed by atoms with van der Waals surface area (Å²) in [5.74, 6) is 0. The number of hydrogen-bond acceptors (Lipinski definition) is 0. The predicted molar refractivity (Wildman–Crippen MR) is 5.75 cm³/mol. The van der Waals surface area contributed by atoms with E-state index in [0.717, 1.165) is 0 Å². The van der Waals surface area contributed by atoms with Crippen molar-refractivity contribution < 1.29 is 60.3 Å². The molecule has 0 fully saturated rings. The Labute approximate surface area is 76.7 Å². The quantitative estimate of drug-likeness (QED) is 0.503. The van der Waals surface area contributed by atoms with Crippen molar-refractivity contribution in [2.24, 2.45) is 0 Å². The van der Waals surface area contributed by atoms with Crippen LogP contribution in [0.25, 0.3) is 0 Å². The minimum absolute atomic E-state index is 0. The van der Waals surface area contributed by atoms with E-state index in [2.05, 4.69) is 0 Å². The zero-order chi connectivity index (χ0) is 0. The molecule has 1 radical (unpaired) electrons. The Morgan fingerprint density at radius 3 is 1.00 bits per heavy atom. The molecule has 0 bridgehead atoms. The largest absolute Gasteiger partial charge is 3.00 e. The molecule has 4 heavy (non-hydrogen) atoms. The third-order valence-corrected chi connectivity index (χ3v) is 0. The summed E-state index contributed by atoms with van der Waals surface area (Å²) in [7, 11) is 0. The van der Waals surface area contributed by atoms with Gasteiger partial charge in [0.15, 0.2) is 0 Å². The van der Waals surface area contributed by atoms with E-state index in [-0.39, 0.29) is 77.7 Å². The van der Waals surface area contributed by atoms with Gasteiger partial charge in [-0.15, -0.1) is 0 Å². The normalized spacial score (nSPS) is 0. The molecule has 0 heterocycles. The fourth-order valence-electron chi connectivity index (χ4n) is 0. The number of rotatable bonds is 0. The molecule has 0 rings (SSSR count). The van der Waals surface area contributed by atoms with Crippen LogP contribution in [0.5, 0.6) is 0 Å². The van der Waals surface area contributed by atoms with Gasteiger partial charge in [0.05, 0.1) is 0 Å². The van der Waals surface area contributed by atoms with Crippen LogP contribution in [0.15, 0.2) is 0 Å². The topological polar surface area (TPSA) is 0 Å². The van der Waals surface area contributed by atoms with Crippen molar-refractivity contribution in [2.75, 3.05) is 0 Å². The first-order valence-electron chi connectivity index (χ1n) is 0. The Morgan fingerprint density at radius 1 is 1.00 bits per heavy atom. The van der Waals surface area contributed by atoms with Gasteiger partial charge in [-0.25, -0.2) is 0 Å². The van der Waals surface area contributed by atoms with Gasteiger partial charge in [-0.1, -0.05) is 0 Å². The molecule has 0 unspecified atom stereocenters. The van der Waals surface area contributed by atoms with Crippen LogP contribution in [0.4, 0.5) is 0 Å². The van der Waals surface area contributed by atoms with Gasteiger partial charge >= 0.3 is 77.7 Å². The van der Waals surface area contributed by atoms with Crippen molar-refractivity contribution in [3.63, 3.8) is 0 Å². The van der Waals surface area contributed by atoms with E-state index in [1.165, 1.54) is 0 Å². The second-order valence-electron chi connectivity index (χ2n) is 0. The predicted octanol–water partition coefficient (Wildman–Crippen LogP) is -0.388. The van der Waals surface area contributed by atoms with E-state index < -0.39 is 0 Å². The van der Waals surface area contributed by atoms with Crippen LogP contribution in [-0.4, -0.2) is 17.4 Å². The maximum Gasteiger partial charge on any atom is 3.00 e. The zero-order valence-corrected chi connectivity index (χ0v) is 7.49. The Hall–Kier alpha value is 2.45. The molecule has 0 amide bonds. The summed E-state index contributed by atoms with van der Waals surface area (Å²) in [6, 6.07) is 0. The molecular formula is AlCuMnZr+8. The molecule has 0 aliphatic heterocycles. The first-order chi connectivity index (χ1) is 0. The van der Waals surface area contributed by atoms with Crippen molar-refractivity contribution in [3.8, 4) is 0 Å². The Balaban J connectivity index is 0. The third-order valence-electron chi connectivity index (χ3n) is 0. The third kappa shape index (κ3) is 8.82. The maximum absolute atomic E-state index is 0. The molecule has 0 aromatic carbocycles. The second-order valence-corrected chi connectivity index (χ2v) is 0. The summed E-state index contributed by atoms with van der Waals surface area (Å²) in [6.45, 7) is 0. The number of hydrogen-bond donors (Lipinski definition) is 0. The van der Waals surface area contributed by atoms with Crippen molar-refractivity contribution in [3.05, 3.63) is 0 Å². The molecule has 0 saturated heterocycles. The van der Waals surface area contributed by atoms with E-state index in [1.807, 2.05) is 0 Å². The van der Waals surface area contributed by atoms with Crippen LogP contribution in [0.1, 0.15) is 0 Å². The minimum Gasteiger partial charge on any atom is 1.00 e. The molecular weight excluding hydrogens is 237 g/mol. The first kappa shape index (κ1) is 31.9. The summed E-state index contributed by atoms with van der Waals surface area (Å²) in [5.41, 5.74) is 0. The van der Waals surface area contributed by atoms with Crippen molar-refractivity contribution in [1.82, 2.24) is 0 Å². The van der Waals surface area contributed by atoms with Crippen LogP contribution in [-0.2, 0) is 60.3 Å². The van der Waals surface area contributed by atoms with Crippen molar-refractivity contribution >= 4 is 17.4 Å².